The summed E-state index contributed by atoms with van der Waals surface area (Å²) < 4.78 is 0. The lowest BCUT2D eigenvalue weighted by Gasteiger charge is -2.12. The topological polar surface area (TPSA) is 41.1 Å². The second-order valence-corrected chi connectivity index (χ2v) is 5.30. The van der Waals surface area contributed by atoms with E-state index in [-0.39, 0.29) is 5.91 Å². The van der Waals surface area contributed by atoms with E-state index in [9.17, 15) is 4.79 Å². The summed E-state index contributed by atoms with van der Waals surface area (Å²) in [4.78, 5) is 12.8. The van der Waals surface area contributed by atoms with Crippen LogP contribution in [0.3, 0.4) is 0 Å². The standard InChI is InChI=1S/C13H22N2OS/c1-3-4-7-14-13(16)10-15-11(2)9-12-6-5-8-17-12/h5-6,8,11,15H,3-4,7,9-10H2,1-2H3,(H,14,16). The fourth-order valence-corrected chi connectivity index (χ4v) is 2.37. The fraction of sp³-hybridized carbons (Fsp3) is 0.615. The highest BCUT2D eigenvalue weighted by Gasteiger charge is 2.06. The first-order chi connectivity index (χ1) is 8.22. The maximum absolute atomic E-state index is 11.5. The Balaban J connectivity index is 2.10. The van der Waals surface area contributed by atoms with Crippen LogP contribution in [-0.4, -0.2) is 25.0 Å². The minimum Gasteiger partial charge on any atom is -0.355 e. The predicted octanol–water partition coefficient (Wildman–Crippen LogP) is 2.18. The maximum Gasteiger partial charge on any atom is 0.233 e. The van der Waals surface area contributed by atoms with Crippen molar-refractivity contribution in [3.05, 3.63) is 22.4 Å². The molecule has 3 nitrogen and oxygen atoms in total. The Labute approximate surface area is 108 Å². The van der Waals surface area contributed by atoms with E-state index in [4.69, 9.17) is 0 Å². The molecule has 96 valence electrons. The van der Waals surface area contributed by atoms with Crippen LogP contribution in [0.2, 0.25) is 0 Å². The smallest absolute Gasteiger partial charge is 0.233 e. The molecule has 1 unspecified atom stereocenters. The number of thiophene rings is 1. The molecular formula is C13H22N2OS. The minimum atomic E-state index is 0.0940. The van der Waals surface area contributed by atoms with Gasteiger partial charge in [0, 0.05) is 17.5 Å². The molecule has 0 bridgehead atoms. The average molecular weight is 254 g/mol. The molecule has 1 rings (SSSR count). The molecule has 17 heavy (non-hydrogen) atoms. The van der Waals surface area contributed by atoms with Gasteiger partial charge in [0.15, 0.2) is 0 Å². The van der Waals surface area contributed by atoms with Crippen molar-refractivity contribution in [1.82, 2.24) is 10.6 Å². The van der Waals surface area contributed by atoms with Crippen molar-refractivity contribution < 1.29 is 4.79 Å². The fourth-order valence-electron chi connectivity index (χ4n) is 1.54. The van der Waals surface area contributed by atoms with E-state index in [2.05, 4.69) is 42.0 Å². The molecule has 0 radical (unpaired) electrons. The van der Waals surface area contributed by atoms with Gasteiger partial charge in [-0.3, -0.25) is 4.79 Å². The van der Waals surface area contributed by atoms with Gasteiger partial charge in [0.05, 0.1) is 6.54 Å². The summed E-state index contributed by atoms with van der Waals surface area (Å²) in [6, 6.07) is 4.53. The summed E-state index contributed by atoms with van der Waals surface area (Å²) in [7, 11) is 0. The number of carbonyl (C=O) groups is 1. The molecule has 0 aliphatic heterocycles. The van der Waals surface area contributed by atoms with Crippen molar-refractivity contribution in [2.45, 2.75) is 39.2 Å². The Morgan fingerprint density at radius 2 is 2.35 bits per heavy atom. The van der Waals surface area contributed by atoms with Gasteiger partial charge in [-0.1, -0.05) is 19.4 Å². The number of rotatable bonds is 8. The van der Waals surface area contributed by atoms with Crippen LogP contribution < -0.4 is 10.6 Å². The van der Waals surface area contributed by atoms with Crippen LogP contribution >= 0.6 is 11.3 Å². The SMILES string of the molecule is CCCCNC(=O)CNC(C)Cc1cccs1. The van der Waals surface area contributed by atoms with Gasteiger partial charge >= 0.3 is 0 Å². The second-order valence-electron chi connectivity index (χ2n) is 4.27. The zero-order valence-electron chi connectivity index (χ0n) is 10.7. The van der Waals surface area contributed by atoms with Crippen LogP contribution in [0.25, 0.3) is 0 Å². The highest BCUT2D eigenvalue weighted by Crippen LogP contribution is 2.10. The van der Waals surface area contributed by atoms with Crippen molar-refractivity contribution >= 4 is 17.2 Å². The van der Waals surface area contributed by atoms with Gasteiger partial charge in [0.2, 0.25) is 5.91 Å². The van der Waals surface area contributed by atoms with E-state index in [0.29, 0.717) is 12.6 Å². The third-order valence-corrected chi connectivity index (χ3v) is 3.45. The summed E-state index contributed by atoms with van der Waals surface area (Å²) in [5, 5.41) is 8.22. The van der Waals surface area contributed by atoms with E-state index in [1.807, 2.05) is 0 Å². The van der Waals surface area contributed by atoms with Gasteiger partial charge in [0.25, 0.3) is 0 Å². The molecule has 1 aromatic heterocycles. The van der Waals surface area contributed by atoms with Crippen LogP contribution in [0.4, 0.5) is 0 Å². The molecule has 1 amide bonds. The number of hydrogen-bond acceptors (Lipinski definition) is 3. The van der Waals surface area contributed by atoms with Crippen LogP contribution in [0.15, 0.2) is 17.5 Å². The third kappa shape index (κ3) is 6.44. The van der Waals surface area contributed by atoms with Gasteiger partial charge in [-0.05, 0) is 31.2 Å². The van der Waals surface area contributed by atoms with Crippen molar-refractivity contribution in [2.24, 2.45) is 0 Å². The van der Waals surface area contributed by atoms with Gasteiger partial charge in [-0.2, -0.15) is 0 Å². The van der Waals surface area contributed by atoms with Crippen LogP contribution in [0.5, 0.6) is 0 Å². The molecule has 2 N–H and O–H groups in total. The van der Waals surface area contributed by atoms with Gasteiger partial charge in [-0.15, -0.1) is 11.3 Å². The molecule has 1 heterocycles. The first-order valence-electron chi connectivity index (χ1n) is 6.24. The Hall–Kier alpha value is -0.870. The molecule has 0 saturated heterocycles. The number of carbonyl (C=O) groups excluding carboxylic acids is 1. The highest BCUT2D eigenvalue weighted by molar-refractivity contribution is 7.09. The number of amides is 1. The van der Waals surface area contributed by atoms with E-state index in [1.54, 1.807) is 11.3 Å². The Bertz CT molecular complexity index is 311. The monoisotopic (exact) mass is 254 g/mol. The molecule has 0 spiro atoms. The lowest BCUT2D eigenvalue weighted by atomic mass is 10.2. The zero-order chi connectivity index (χ0) is 12.5. The first-order valence-corrected chi connectivity index (χ1v) is 7.12. The molecule has 0 fully saturated rings. The van der Waals surface area contributed by atoms with Crippen molar-refractivity contribution in [1.29, 1.82) is 0 Å². The van der Waals surface area contributed by atoms with Crippen LogP contribution in [0.1, 0.15) is 31.6 Å². The zero-order valence-corrected chi connectivity index (χ0v) is 11.5. The Morgan fingerprint density at radius 3 is 3.00 bits per heavy atom. The van der Waals surface area contributed by atoms with Crippen molar-refractivity contribution in [3.8, 4) is 0 Å². The van der Waals surface area contributed by atoms with Crippen molar-refractivity contribution in [3.63, 3.8) is 0 Å². The van der Waals surface area contributed by atoms with E-state index in [1.165, 1.54) is 4.88 Å². The highest BCUT2D eigenvalue weighted by atomic mass is 32.1. The quantitative estimate of drug-likeness (QED) is 0.698. The molecule has 0 saturated carbocycles. The predicted molar refractivity (Wildman–Crippen MR) is 73.4 cm³/mol. The number of nitrogens with one attached hydrogen (secondary N) is 2. The first kappa shape index (κ1) is 14.2. The van der Waals surface area contributed by atoms with Crippen molar-refractivity contribution in [2.75, 3.05) is 13.1 Å². The minimum absolute atomic E-state index is 0.0940. The Morgan fingerprint density at radius 1 is 1.53 bits per heavy atom. The van der Waals surface area contributed by atoms with Crippen LogP contribution in [0, 0.1) is 0 Å². The summed E-state index contributed by atoms with van der Waals surface area (Å²) in [6.07, 6.45) is 3.15. The van der Waals surface area contributed by atoms with Gasteiger partial charge < -0.3 is 10.6 Å². The van der Waals surface area contributed by atoms with E-state index >= 15 is 0 Å². The van der Waals surface area contributed by atoms with Gasteiger partial charge in [-0.25, -0.2) is 0 Å². The van der Waals surface area contributed by atoms with Gasteiger partial charge in [0.1, 0.15) is 0 Å². The molecule has 0 aliphatic rings. The average Bonchev–Trinajstić information content (AvgIpc) is 2.79. The molecular weight excluding hydrogens is 232 g/mol. The Kier molecular flexibility index (Phi) is 6.89. The second kappa shape index (κ2) is 8.25. The molecule has 0 aliphatic carbocycles. The van der Waals surface area contributed by atoms with E-state index in [0.717, 1.165) is 25.8 Å². The normalized spacial score (nSPS) is 12.4. The third-order valence-electron chi connectivity index (χ3n) is 2.55. The lowest BCUT2D eigenvalue weighted by molar-refractivity contribution is -0.120. The van der Waals surface area contributed by atoms with E-state index < -0.39 is 0 Å². The summed E-state index contributed by atoms with van der Waals surface area (Å²) >= 11 is 1.76. The number of unbranched alkanes of at least 4 members (excludes halogenated alkanes) is 1. The lowest BCUT2D eigenvalue weighted by Crippen LogP contribution is -2.39. The summed E-state index contributed by atoms with van der Waals surface area (Å²) in [6.45, 7) is 5.43. The summed E-state index contributed by atoms with van der Waals surface area (Å²) in [5.74, 6) is 0.0940. The molecule has 1 aromatic rings. The van der Waals surface area contributed by atoms with Crippen LogP contribution in [-0.2, 0) is 11.2 Å². The largest absolute Gasteiger partial charge is 0.355 e. The summed E-state index contributed by atoms with van der Waals surface area (Å²) in [5.41, 5.74) is 0. The maximum atomic E-state index is 11.5. The number of hydrogen-bond donors (Lipinski definition) is 2. The molecule has 1 atom stereocenters. The molecule has 4 heteroatoms. The molecule has 0 aromatic carbocycles.